The molecule has 50 valence electrons. The van der Waals surface area contributed by atoms with Crippen molar-refractivity contribution in [3.8, 4) is 0 Å². The highest BCUT2D eigenvalue weighted by Gasteiger charge is 2.05. The van der Waals surface area contributed by atoms with Gasteiger partial charge in [0.25, 0.3) is 0 Å². The van der Waals surface area contributed by atoms with E-state index in [1.807, 2.05) is 0 Å². The largest absolute Gasteiger partial charge is 0.302 e. The second-order valence-electron chi connectivity index (χ2n) is 1.31. The first-order valence-corrected chi connectivity index (χ1v) is 4.42. The molecule has 1 aromatic rings. The monoisotopic (exact) mass is 182 g/mol. The fourth-order valence-corrected chi connectivity index (χ4v) is 2.10. The third-order valence-electron chi connectivity index (χ3n) is 0.773. The summed E-state index contributed by atoms with van der Waals surface area (Å²) in [6.45, 7) is 0. The Balaban J connectivity index is 3.08. The van der Waals surface area contributed by atoms with Crippen LogP contribution in [0.25, 0.3) is 0 Å². The van der Waals surface area contributed by atoms with Crippen LogP contribution in [-0.2, 0) is 11.1 Å². The zero-order valence-corrected chi connectivity index (χ0v) is 6.59. The van der Waals surface area contributed by atoms with Crippen LogP contribution in [0.2, 0.25) is 4.34 Å². The summed E-state index contributed by atoms with van der Waals surface area (Å²) in [4.78, 5) is 0.293. The smallest absolute Gasteiger partial charge is 0.188 e. The molecule has 2 nitrogen and oxygen atoms in total. The zero-order chi connectivity index (χ0) is 6.85. The Morgan fingerprint density at radius 1 is 1.78 bits per heavy atom. The highest BCUT2D eigenvalue weighted by atomic mass is 35.5. The van der Waals surface area contributed by atoms with E-state index in [2.05, 4.69) is 0 Å². The zero-order valence-electron chi connectivity index (χ0n) is 4.20. The van der Waals surface area contributed by atoms with Gasteiger partial charge in [-0.2, -0.15) is 0 Å². The second kappa shape index (κ2) is 2.79. The van der Waals surface area contributed by atoms with Crippen LogP contribution in [0.3, 0.4) is 0 Å². The van der Waals surface area contributed by atoms with E-state index in [1.54, 1.807) is 5.38 Å². The summed E-state index contributed by atoms with van der Waals surface area (Å²) in [7, 11) is 0. The van der Waals surface area contributed by atoms with Crippen LogP contribution < -0.4 is 0 Å². The number of hydrogen-bond acceptors (Lipinski definition) is 2. The summed E-state index contributed by atoms with van der Waals surface area (Å²) >= 11 is 4.81. The van der Waals surface area contributed by atoms with Gasteiger partial charge < -0.3 is 4.55 Å². The fourth-order valence-electron chi connectivity index (χ4n) is 0.406. The van der Waals surface area contributed by atoms with Gasteiger partial charge in [0.05, 0.1) is 4.90 Å². The molecule has 0 saturated heterocycles. The molecule has 0 aromatic carbocycles. The summed E-state index contributed by atoms with van der Waals surface area (Å²) in [5.74, 6) is 0. The van der Waals surface area contributed by atoms with E-state index in [4.69, 9.17) is 16.2 Å². The molecular formula is C4H3ClO2S2. The van der Waals surface area contributed by atoms with E-state index >= 15 is 0 Å². The van der Waals surface area contributed by atoms with Crippen molar-refractivity contribution in [2.45, 2.75) is 4.90 Å². The molecule has 1 N–H and O–H groups in total. The summed E-state index contributed by atoms with van der Waals surface area (Å²) in [5.41, 5.74) is 0. The first-order chi connectivity index (χ1) is 4.22. The van der Waals surface area contributed by atoms with Gasteiger partial charge in [0, 0.05) is 0 Å². The lowest BCUT2D eigenvalue weighted by Crippen LogP contribution is -1.83. The van der Waals surface area contributed by atoms with Crippen molar-refractivity contribution in [3.05, 3.63) is 15.8 Å². The lowest BCUT2D eigenvalue weighted by Gasteiger charge is -1.85. The lowest BCUT2D eigenvalue weighted by atomic mass is 10.7. The molecule has 1 unspecified atom stereocenters. The molecule has 0 saturated carbocycles. The summed E-state index contributed by atoms with van der Waals surface area (Å²) < 4.78 is 19.2. The quantitative estimate of drug-likeness (QED) is 0.675. The Kier molecular flexibility index (Phi) is 2.23. The molecule has 1 aromatic heterocycles. The van der Waals surface area contributed by atoms with Crippen LogP contribution in [0.15, 0.2) is 16.3 Å². The van der Waals surface area contributed by atoms with Gasteiger partial charge in [-0.25, -0.2) is 4.21 Å². The average Bonchev–Trinajstić information content (AvgIpc) is 2.13. The van der Waals surface area contributed by atoms with Crippen molar-refractivity contribution in [3.63, 3.8) is 0 Å². The maximum Gasteiger partial charge on any atom is 0.188 e. The van der Waals surface area contributed by atoms with E-state index in [-0.39, 0.29) is 0 Å². The third-order valence-corrected chi connectivity index (χ3v) is 2.90. The predicted molar refractivity (Wildman–Crippen MR) is 38.4 cm³/mol. The number of hydrogen-bond donors (Lipinski definition) is 1. The highest BCUT2D eigenvalue weighted by Crippen LogP contribution is 2.24. The first kappa shape index (κ1) is 7.21. The SMILES string of the molecule is O=S(O)c1ccsc1Cl. The molecule has 5 heteroatoms. The molecule has 0 radical (unpaired) electrons. The van der Waals surface area contributed by atoms with Crippen LogP contribution in [0, 0.1) is 0 Å². The topological polar surface area (TPSA) is 37.3 Å². The van der Waals surface area contributed by atoms with Crippen LogP contribution in [0.5, 0.6) is 0 Å². The van der Waals surface area contributed by atoms with Gasteiger partial charge in [0.15, 0.2) is 11.1 Å². The van der Waals surface area contributed by atoms with Gasteiger partial charge in [0.2, 0.25) is 0 Å². The second-order valence-corrected chi connectivity index (χ2v) is 3.76. The van der Waals surface area contributed by atoms with Gasteiger partial charge in [-0.05, 0) is 11.4 Å². The van der Waals surface area contributed by atoms with Gasteiger partial charge in [-0.15, -0.1) is 11.3 Å². The number of halogens is 1. The molecule has 0 aliphatic rings. The van der Waals surface area contributed by atoms with Crippen molar-refractivity contribution < 1.29 is 8.76 Å². The molecular weight excluding hydrogens is 180 g/mol. The molecule has 0 aliphatic carbocycles. The Hall–Kier alpha value is 0.1000. The number of rotatable bonds is 1. The Morgan fingerprint density at radius 3 is 2.67 bits per heavy atom. The van der Waals surface area contributed by atoms with Crippen molar-refractivity contribution >= 4 is 34.0 Å². The average molecular weight is 183 g/mol. The van der Waals surface area contributed by atoms with E-state index in [9.17, 15) is 4.21 Å². The molecule has 0 fully saturated rings. The maximum absolute atomic E-state index is 10.3. The third kappa shape index (κ3) is 1.52. The van der Waals surface area contributed by atoms with E-state index < -0.39 is 11.1 Å². The van der Waals surface area contributed by atoms with Gasteiger partial charge in [0.1, 0.15) is 4.34 Å². The molecule has 0 bridgehead atoms. The van der Waals surface area contributed by atoms with Crippen LogP contribution in [0.4, 0.5) is 0 Å². The van der Waals surface area contributed by atoms with E-state index in [1.165, 1.54) is 17.4 Å². The fraction of sp³-hybridized carbons (Fsp3) is 0. The number of thiophene rings is 1. The lowest BCUT2D eigenvalue weighted by molar-refractivity contribution is 0.565. The molecule has 9 heavy (non-hydrogen) atoms. The van der Waals surface area contributed by atoms with Gasteiger partial charge in [-0.3, -0.25) is 0 Å². The van der Waals surface area contributed by atoms with E-state index in [0.717, 1.165) is 0 Å². The molecule has 1 rings (SSSR count). The standard InChI is InChI=1S/C4H3ClO2S2/c5-4-3(9(6)7)1-2-8-4/h1-2H,(H,6,7). The van der Waals surface area contributed by atoms with Crippen molar-refractivity contribution in [2.24, 2.45) is 0 Å². The van der Waals surface area contributed by atoms with Gasteiger partial charge in [-0.1, -0.05) is 11.6 Å². The molecule has 0 aliphatic heterocycles. The van der Waals surface area contributed by atoms with E-state index in [0.29, 0.717) is 9.23 Å². The summed E-state index contributed by atoms with van der Waals surface area (Å²) in [5, 5.41) is 1.67. The Morgan fingerprint density at radius 2 is 2.44 bits per heavy atom. The maximum atomic E-state index is 10.3. The van der Waals surface area contributed by atoms with Gasteiger partial charge >= 0.3 is 0 Å². The molecule has 0 spiro atoms. The minimum Gasteiger partial charge on any atom is -0.302 e. The minimum absolute atomic E-state index is 0.293. The molecule has 1 atom stereocenters. The molecule has 1 heterocycles. The van der Waals surface area contributed by atoms with Crippen LogP contribution in [0.1, 0.15) is 0 Å². The summed E-state index contributed by atoms with van der Waals surface area (Å²) in [6.07, 6.45) is 0. The normalized spacial score (nSPS) is 13.6. The van der Waals surface area contributed by atoms with Crippen LogP contribution in [-0.4, -0.2) is 8.76 Å². The van der Waals surface area contributed by atoms with Crippen LogP contribution >= 0.6 is 22.9 Å². The Labute approximate surface area is 63.8 Å². The Bertz CT molecular complexity index is 232. The minimum atomic E-state index is -1.93. The predicted octanol–water partition coefficient (Wildman–Crippen LogP) is 1.98. The summed E-state index contributed by atoms with van der Waals surface area (Å²) in [6, 6.07) is 1.53. The first-order valence-electron chi connectivity index (χ1n) is 2.05. The highest BCUT2D eigenvalue weighted by molar-refractivity contribution is 7.79. The van der Waals surface area contributed by atoms with Crippen molar-refractivity contribution in [2.75, 3.05) is 0 Å². The van der Waals surface area contributed by atoms with Crippen molar-refractivity contribution in [1.82, 2.24) is 0 Å². The molecule has 0 amide bonds. The van der Waals surface area contributed by atoms with Crippen molar-refractivity contribution in [1.29, 1.82) is 0 Å².